The first-order valence-corrected chi connectivity index (χ1v) is 7.63. The van der Waals surface area contributed by atoms with Gasteiger partial charge in [-0.25, -0.2) is 8.42 Å². The van der Waals surface area contributed by atoms with Gasteiger partial charge in [-0.2, -0.15) is 9.40 Å². The van der Waals surface area contributed by atoms with E-state index in [1.807, 2.05) is 0 Å². The highest BCUT2D eigenvalue weighted by Gasteiger charge is 2.28. The summed E-state index contributed by atoms with van der Waals surface area (Å²) in [6.07, 6.45) is 1.87. The van der Waals surface area contributed by atoms with Crippen molar-refractivity contribution in [1.82, 2.24) is 14.5 Å². The topological polar surface area (TPSA) is 105 Å². The van der Waals surface area contributed by atoms with E-state index >= 15 is 0 Å². The van der Waals surface area contributed by atoms with Crippen LogP contribution >= 0.6 is 0 Å². The molecule has 0 fully saturated rings. The maximum atomic E-state index is 12.5. The summed E-state index contributed by atoms with van der Waals surface area (Å²) in [5, 5.41) is 15.2. The van der Waals surface area contributed by atoms with Crippen LogP contribution in [0.4, 0.5) is 0 Å². The van der Waals surface area contributed by atoms with Crippen molar-refractivity contribution in [3.8, 4) is 0 Å². The van der Waals surface area contributed by atoms with Gasteiger partial charge in [0.25, 0.3) is 10.0 Å². The van der Waals surface area contributed by atoms with Crippen LogP contribution in [-0.2, 0) is 26.1 Å². The Morgan fingerprint density at radius 3 is 2.60 bits per heavy atom. The number of hydrogen-bond donors (Lipinski definition) is 2. The molecule has 116 valence electrons. The second-order valence-electron chi connectivity index (χ2n) is 4.13. The Balaban J connectivity index is 2.91. The molecule has 1 heterocycles. The third kappa shape index (κ3) is 4.25. The van der Waals surface area contributed by atoms with E-state index in [0.29, 0.717) is 19.6 Å². The van der Waals surface area contributed by atoms with E-state index < -0.39 is 10.0 Å². The number of H-pyrrole nitrogens is 1. The van der Waals surface area contributed by atoms with Crippen molar-refractivity contribution in [2.45, 2.75) is 18.1 Å². The van der Waals surface area contributed by atoms with E-state index in [-0.39, 0.29) is 30.3 Å². The fourth-order valence-corrected chi connectivity index (χ4v) is 3.25. The van der Waals surface area contributed by atoms with Crippen LogP contribution in [0.5, 0.6) is 0 Å². The van der Waals surface area contributed by atoms with Gasteiger partial charge in [-0.15, -0.1) is 0 Å². The van der Waals surface area contributed by atoms with Gasteiger partial charge < -0.3 is 14.6 Å². The van der Waals surface area contributed by atoms with E-state index in [1.54, 1.807) is 7.11 Å². The summed E-state index contributed by atoms with van der Waals surface area (Å²) < 4.78 is 36.2. The minimum Gasteiger partial charge on any atom is -0.392 e. The molecule has 2 N–H and O–H groups in total. The summed E-state index contributed by atoms with van der Waals surface area (Å²) in [6, 6.07) is 0. The highest BCUT2D eigenvalue weighted by Crippen LogP contribution is 2.17. The fraction of sp³-hybridized carbons (Fsp3) is 0.727. The van der Waals surface area contributed by atoms with Crippen molar-refractivity contribution in [3.63, 3.8) is 0 Å². The molecule has 0 aliphatic rings. The first-order valence-electron chi connectivity index (χ1n) is 6.19. The van der Waals surface area contributed by atoms with Crippen molar-refractivity contribution in [3.05, 3.63) is 11.8 Å². The van der Waals surface area contributed by atoms with Gasteiger partial charge in [-0.05, 0) is 6.42 Å². The molecule has 0 radical (unpaired) electrons. The Morgan fingerprint density at radius 1 is 1.30 bits per heavy atom. The molecule has 0 bridgehead atoms. The van der Waals surface area contributed by atoms with E-state index in [9.17, 15) is 8.42 Å². The molecule has 0 aliphatic carbocycles. The Hall–Kier alpha value is -1.00. The molecule has 1 rings (SSSR count). The summed E-state index contributed by atoms with van der Waals surface area (Å²) in [7, 11) is -0.662. The molecule has 9 heteroatoms. The highest BCUT2D eigenvalue weighted by molar-refractivity contribution is 7.89. The van der Waals surface area contributed by atoms with Gasteiger partial charge in [-0.1, -0.05) is 0 Å². The fourth-order valence-electron chi connectivity index (χ4n) is 1.69. The van der Waals surface area contributed by atoms with Gasteiger partial charge >= 0.3 is 0 Å². The number of nitrogens with zero attached hydrogens (tertiary/aromatic N) is 2. The Kier molecular flexibility index (Phi) is 7.10. The minimum absolute atomic E-state index is 0.0754. The Labute approximate surface area is 118 Å². The SMILES string of the molecule is COCCCN(CCOC)S(=O)(=O)c1[nH]ncc1CO. The summed E-state index contributed by atoms with van der Waals surface area (Å²) in [4.78, 5) is 0. The molecule has 0 aliphatic heterocycles. The maximum absolute atomic E-state index is 12.5. The first kappa shape index (κ1) is 17.1. The van der Waals surface area contributed by atoms with Gasteiger partial charge in [0.05, 0.1) is 19.4 Å². The number of aromatic nitrogens is 2. The number of rotatable bonds is 10. The van der Waals surface area contributed by atoms with Gasteiger partial charge in [-0.3, -0.25) is 5.10 Å². The molecule has 0 saturated heterocycles. The van der Waals surface area contributed by atoms with Crippen molar-refractivity contribution < 1.29 is 23.0 Å². The largest absolute Gasteiger partial charge is 0.392 e. The summed E-state index contributed by atoms with van der Waals surface area (Å²) in [6.45, 7) is 0.904. The average molecular weight is 307 g/mol. The third-order valence-electron chi connectivity index (χ3n) is 2.75. The molecule has 0 amide bonds. The molecular weight excluding hydrogens is 286 g/mol. The van der Waals surface area contributed by atoms with E-state index in [0.717, 1.165) is 0 Å². The van der Waals surface area contributed by atoms with E-state index in [2.05, 4.69) is 10.2 Å². The quantitative estimate of drug-likeness (QED) is 0.569. The predicted molar refractivity (Wildman–Crippen MR) is 71.6 cm³/mol. The first-order chi connectivity index (χ1) is 9.57. The van der Waals surface area contributed by atoms with Crippen LogP contribution in [0.3, 0.4) is 0 Å². The number of aliphatic hydroxyl groups excluding tert-OH is 1. The molecule has 1 aromatic heterocycles. The van der Waals surface area contributed by atoms with Crippen LogP contribution < -0.4 is 0 Å². The average Bonchev–Trinajstić information content (AvgIpc) is 2.91. The summed E-state index contributed by atoms with van der Waals surface area (Å²) in [5.74, 6) is 0. The molecular formula is C11H21N3O5S. The Bertz CT molecular complexity index is 488. The van der Waals surface area contributed by atoms with Gasteiger partial charge in [0.15, 0.2) is 5.03 Å². The molecule has 0 aromatic carbocycles. The van der Waals surface area contributed by atoms with Gasteiger partial charge in [0, 0.05) is 39.5 Å². The number of sulfonamides is 1. The molecule has 8 nitrogen and oxygen atoms in total. The third-order valence-corrected chi connectivity index (χ3v) is 4.66. The molecule has 0 atom stereocenters. The monoisotopic (exact) mass is 307 g/mol. The smallest absolute Gasteiger partial charge is 0.260 e. The van der Waals surface area contributed by atoms with Gasteiger partial charge in [0.2, 0.25) is 0 Å². The summed E-state index contributed by atoms with van der Waals surface area (Å²) in [5.41, 5.74) is 0.249. The number of methoxy groups -OCH3 is 2. The second kappa shape index (κ2) is 8.32. The van der Waals surface area contributed by atoms with Gasteiger partial charge in [0.1, 0.15) is 0 Å². The lowest BCUT2D eigenvalue weighted by atomic mass is 10.4. The molecule has 0 spiro atoms. The van der Waals surface area contributed by atoms with Crippen LogP contribution in [0.25, 0.3) is 0 Å². The van der Waals surface area contributed by atoms with Crippen LogP contribution in [-0.4, -0.2) is 68.5 Å². The van der Waals surface area contributed by atoms with Crippen LogP contribution in [0.1, 0.15) is 12.0 Å². The van der Waals surface area contributed by atoms with E-state index in [4.69, 9.17) is 14.6 Å². The molecule has 0 saturated carbocycles. The molecule has 1 aromatic rings. The summed E-state index contributed by atoms with van der Waals surface area (Å²) >= 11 is 0. The maximum Gasteiger partial charge on any atom is 0.260 e. The number of aromatic amines is 1. The zero-order valence-corrected chi connectivity index (χ0v) is 12.5. The minimum atomic E-state index is -3.73. The highest BCUT2D eigenvalue weighted by atomic mass is 32.2. The molecule has 0 unspecified atom stereocenters. The van der Waals surface area contributed by atoms with Crippen molar-refractivity contribution in [2.75, 3.05) is 40.5 Å². The van der Waals surface area contributed by atoms with Crippen molar-refractivity contribution >= 4 is 10.0 Å². The van der Waals surface area contributed by atoms with E-state index in [1.165, 1.54) is 17.6 Å². The normalized spacial score (nSPS) is 12.2. The zero-order valence-electron chi connectivity index (χ0n) is 11.7. The number of hydrogen-bond acceptors (Lipinski definition) is 6. The zero-order chi connectivity index (χ0) is 15.0. The lowest BCUT2D eigenvalue weighted by Gasteiger charge is -2.21. The van der Waals surface area contributed by atoms with Crippen molar-refractivity contribution in [2.24, 2.45) is 0 Å². The van der Waals surface area contributed by atoms with Crippen LogP contribution in [0.15, 0.2) is 11.2 Å². The number of nitrogens with one attached hydrogen (secondary N) is 1. The lowest BCUT2D eigenvalue weighted by molar-refractivity contribution is 0.164. The van der Waals surface area contributed by atoms with Crippen LogP contribution in [0.2, 0.25) is 0 Å². The second-order valence-corrected chi connectivity index (χ2v) is 6.00. The lowest BCUT2D eigenvalue weighted by Crippen LogP contribution is -2.36. The standard InChI is InChI=1S/C11H21N3O5S/c1-18-6-3-4-14(5-7-19-2)20(16,17)11-10(9-15)8-12-13-11/h8,15H,3-7,9H2,1-2H3,(H,12,13). The number of aliphatic hydroxyl groups is 1. The predicted octanol–water partition coefficient (Wildman–Crippen LogP) is -0.424. The van der Waals surface area contributed by atoms with Crippen molar-refractivity contribution in [1.29, 1.82) is 0 Å². The molecule has 20 heavy (non-hydrogen) atoms. The Morgan fingerprint density at radius 2 is 2.00 bits per heavy atom. The number of ether oxygens (including phenoxy) is 2. The van der Waals surface area contributed by atoms with Crippen LogP contribution in [0, 0.1) is 0 Å².